The fraction of sp³-hybridized carbons (Fsp3) is 0.462. The molecule has 0 atom stereocenters. The van der Waals surface area contributed by atoms with Gasteiger partial charge >= 0.3 is 0 Å². The predicted octanol–water partition coefficient (Wildman–Crippen LogP) is 2.68. The number of nitro groups is 1. The van der Waals surface area contributed by atoms with Crippen LogP contribution in [0.25, 0.3) is 0 Å². The van der Waals surface area contributed by atoms with Crippen molar-refractivity contribution in [1.29, 1.82) is 0 Å². The highest BCUT2D eigenvalue weighted by molar-refractivity contribution is 5.92. The smallest absolute Gasteiger partial charge is 0.295 e. The minimum Gasteiger partial charge on any atom is -0.369 e. The number of nitrogens with zero attached hydrogens (tertiary/aromatic N) is 2. The summed E-state index contributed by atoms with van der Waals surface area (Å²) in [6.07, 6.45) is 3.03. The molecule has 6 nitrogen and oxygen atoms in total. The molecule has 0 bridgehead atoms. The van der Waals surface area contributed by atoms with Crippen molar-refractivity contribution in [3.05, 3.63) is 28.1 Å². The van der Waals surface area contributed by atoms with Crippen molar-refractivity contribution >= 4 is 23.0 Å². The van der Waals surface area contributed by atoms with E-state index >= 15 is 0 Å². The molecular formula is C13H16FN3O3. The molecule has 1 N–H and O–H groups in total. The van der Waals surface area contributed by atoms with Crippen molar-refractivity contribution in [2.45, 2.75) is 26.2 Å². The average Bonchev–Trinajstić information content (AvgIpc) is 2.40. The van der Waals surface area contributed by atoms with Crippen LogP contribution in [-0.2, 0) is 4.79 Å². The Bertz CT molecular complexity index is 542. The van der Waals surface area contributed by atoms with Gasteiger partial charge < -0.3 is 10.2 Å². The van der Waals surface area contributed by atoms with Gasteiger partial charge in [-0.15, -0.1) is 0 Å². The summed E-state index contributed by atoms with van der Waals surface area (Å²) >= 11 is 0. The van der Waals surface area contributed by atoms with Crippen molar-refractivity contribution < 1.29 is 14.1 Å². The third-order valence-electron chi connectivity index (χ3n) is 3.27. The lowest BCUT2D eigenvalue weighted by Gasteiger charge is -2.29. The van der Waals surface area contributed by atoms with Crippen molar-refractivity contribution in [3.8, 4) is 0 Å². The van der Waals surface area contributed by atoms with E-state index in [0.29, 0.717) is 18.8 Å². The molecule has 1 saturated heterocycles. The molecule has 0 aliphatic carbocycles. The van der Waals surface area contributed by atoms with Crippen LogP contribution in [0.3, 0.4) is 0 Å². The van der Waals surface area contributed by atoms with Crippen molar-refractivity contribution in [2.24, 2.45) is 0 Å². The van der Waals surface area contributed by atoms with E-state index in [2.05, 4.69) is 5.32 Å². The molecule has 0 radical (unpaired) electrons. The Morgan fingerprint density at radius 1 is 1.35 bits per heavy atom. The third-order valence-corrected chi connectivity index (χ3v) is 3.27. The van der Waals surface area contributed by atoms with Crippen LogP contribution in [0.2, 0.25) is 0 Å². The fourth-order valence-corrected chi connectivity index (χ4v) is 2.37. The number of halogens is 1. The zero-order valence-corrected chi connectivity index (χ0v) is 11.2. The number of anilines is 2. The maximum absolute atomic E-state index is 14.1. The molecule has 20 heavy (non-hydrogen) atoms. The number of rotatable bonds is 3. The van der Waals surface area contributed by atoms with E-state index in [0.717, 1.165) is 25.3 Å². The van der Waals surface area contributed by atoms with Gasteiger partial charge in [-0.25, -0.2) is 4.39 Å². The van der Waals surface area contributed by atoms with Crippen molar-refractivity contribution in [1.82, 2.24) is 0 Å². The molecular weight excluding hydrogens is 265 g/mol. The minimum atomic E-state index is -0.700. The number of nitrogens with one attached hydrogen (secondary N) is 1. The van der Waals surface area contributed by atoms with Crippen LogP contribution in [-0.4, -0.2) is 23.9 Å². The highest BCUT2D eigenvalue weighted by atomic mass is 19.1. The molecule has 1 aliphatic heterocycles. The van der Waals surface area contributed by atoms with Gasteiger partial charge in [-0.3, -0.25) is 14.9 Å². The van der Waals surface area contributed by atoms with Gasteiger partial charge in [-0.05, 0) is 25.3 Å². The summed E-state index contributed by atoms with van der Waals surface area (Å²) in [4.78, 5) is 23.2. The van der Waals surface area contributed by atoms with E-state index < -0.39 is 22.3 Å². The number of carbonyl (C=O) groups is 1. The summed E-state index contributed by atoms with van der Waals surface area (Å²) < 4.78 is 14.1. The second-order valence-corrected chi connectivity index (χ2v) is 4.81. The van der Waals surface area contributed by atoms with Crippen LogP contribution in [0.4, 0.5) is 21.5 Å². The number of amides is 1. The number of piperidine rings is 1. The molecule has 0 saturated carbocycles. The molecule has 1 fully saturated rings. The van der Waals surface area contributed by atoms with E-state index in [-0.39, 0.29) is 5.69 Å². The van der Waals surface area contributed by atoms with E-state index in [4.69, 9.17) is 0 Å². The van der Waals surface area contributed by atoms with Crippen LogP contribution in [0, 0.1) is 15.9 Å². The first-order valence-electron chi connectivity index (χ1n) is 6.49. The first-order valence-corrected chi connectivity index (χ1v) is 6.49. The zero-order chi connectivity index (χ0) is 14.7. The summed E-state index contributed by atoms with van der Waals surface area (Å²) in [6.45, 7) is 2.69. The highest BCUT2D eigenvalue weighted by Crippen LogP contribution is 2.33. The third kappa shape index (κ3) is 3.04. The summed E-state index contributed by atoms with van der Waals surface area (Å²) in [7, 11) is 0. The summed E-state index contributed by atoms with van der Waals surface area (Å²) in [5.41, 5.74) is -0.0954. The molecule has 0 unspecified atom stereocenters. The molecule has 0 spiro atoms. The van der Waals surface area contributed by atoms with Gasteiger partial charge in [-0.1, -0.05) is 0 Å². The molecule has 108 valence electrons. The van der Waals surface area contributed by atoms with Crippen LogP contribution in [0.1, 0.15) is 26.2 Å². The van der Waals surface area contributed by atoms with Crippen molar-refractivity contribution in [2.75, 3.05) is 23.3 Å². The normalized spacial score (nSPS) is 15.0. The minimum absolute atomic E-state index is 0.0319. The number of carbonyl (C=O) groups excluding carboxylic acids is 1. The molecule has 7 heteroatoms. The first-order chi connectivity index (χ1) is 9.49. The van der Waals surface area contributed by atoms with Gasteiger partial charge in [0.2, 0.25) is 5.91 Å². The Hall–Kier alpha value is -2.18. The van der Waals surface area contributed by atoms with Gasteiger partial charge in [0.25, 0.3) is 5.69 Å². The van der Waals surface area contributed by atoms with Crippen LogP contribution in [0.15, 0.2) is 12.1 Å². The summed E-state index contributed by atoms with van der Waals surface area (Å²) in [6, 6.07) is 2.22. The average molecular weight is 281 g/mol. The monoisotopic (exact) mass is 281 g/mol. The van der Waals surface area contributed by atoms with Crippen molar-refractivity contribution in [3.63, 3.8) is 0 Å². The van der Waals surface area contributed by atoms with Crippen LogP contribution in [0.5, 0.6) is 0 Å². The first kappa shape index (κ1) is 14.2. The Kier molecular flexibility index (Phi) is 4.16. The fourth-order valence-electron chi connectivity index (χ4n) is 2.37. The van der Waals surface area contributed by atoms with Crippen LogP contribution < -0.4 is 10.2 Å². The Morgan fingerprint density at radius 2 is 2.00 bits per heavy atom. The Morgan fingerprint density at radius 3 is 2.55 bits per heavy atom. The molecule has 2 rings (SSSR count). The predicted molar refractivity (Wildman–Crippen MR) is 73.4 cm³/mol. The molecule has 1 heterocycles. The molecule has 0 aromatic heterocycles. The Balaban J connectivity index is 2.42. The maximum Gasteiger partial charge on any atom is 0.295 e. The lowest BCUT2D eigenvalue weighted by molar-refractivity contribution is -0.384. The largest absolute Gasteiger partial charge is 0.369 e. The number of nitro benzene ring substituents is 1. The van der Waals surface area contributed by atoms with E-state index in [1.807, 2.05) is 4.90 Å². The van der Waals surface area contributed by atoms with Gasteiger partial charge in [0, 0.05) is 20.0 Å². The highest BCUT2D eigenvalue weighted by Gasteiger charge is 2.22. The molecule has 1 aromatic carbocycles. The Labute approximate surface area is 115 Å². The maximum atomic E-state index is 14.1. The number of benzene rings is 1. The van der Waals surface area contributed by atoms with Gasteiger partial charge in [0.1, 0.15) is 5.69 Å². The lowest BCUT2D eigenvalue weighted by Crippen LogP contribution is -2.30. The second kappa shape index (κ2) is 5.85. The topological polar surface area (TPSA) is 75.5 Å². The molecule has 1 aromatic rings. The molecule has 1 amide bonds. The lowest BCUT2D eigenvalue weighted by atomic mass is 10.1. The quantitative estimate of drug-likeness (QED) is 0.682. The van der Waals surface area contributed by atoms with E-state index in [1.54, 1.807) is 0 Å². The van der Waals surface area contributed by atoms with Crippen LogP contribution >= 0.6 is 0 Å². The summed E-state index contributed by atoms with van der Waals surface area (Å²) in [5.74, 6) is -1.06. The summed E-state index contributed by atoms with van der Waals surface area (Å²) in [5, 5.41) is 13.3. The zero-order valence-electron chi connectivity index (χ0n) is 11.2. The van der Waals surface area contributed by atoms with Gasteiger partial charge in [0.05, 0.1) is 16.7 Å². The molecule has 1 aliphatic rings. The number of hydrogen-bond acceptors (Lipinski definition) is 4. The number of hydrogen-bond donors (Lipinski definition) is 1. The standard InChI is InChI=1S/C13H16FN3O3/c1-9(18)15-11-8-12(16-5-3-2-4-6-16)10(14)7-13(11)17(19)20/h7-8H,2-6H2,1H3,(H,15,18). The SMILES string of the molecule is CC(=O)Nc1cc(N2CCCCC2)c(F)cc1[N+](=O)[O-]. The second-order valence-electron chi connectivity index (χ2n) is 4.81. The van der Waals surface area contributed by atoms with E-state index in [9.17, 15) is 19.3 Å². The van der Waals surface area contributed by atoms with Gasteiger partial charge in [0.15, 0.2) is 5.82 Å². The van der Waals surface area contributed by atoms with E-state index in [1.165, 1.54) is 13.0 Å². The van der Waals surface area contributed by atoms with Gasteiger partial charge in [-0.2, -0.15) is 0 Å².